The summed E-state index contributed by atoms with van der Waals surface area (Å²) in [4.78, 5) is 12.9. The minimum Gasteiger partial charge on any atom is -0.489 e. The smallest absolute Gasteiger partial charge is 0.309 e. The van der Waals surface area contributed by atoms with E-state index in [0.29, 0.717) is 19.7 Å². The molecule has 1 aliphatic rings. The van der Waals surface area contributed by atoms with Gasteiger partial charge in [-0.3, -0.25) is 9.69 Å². The predicted molar refractivity (Wildman–Crippen MR) is 93.8 cm³/mol. The molecule has 0 saturated carbocycles. The van der Waals surface area contributed by atoms with Gasteiger partial charge in [0.1, 0.15) is 12.4 Å². The highest BCUT2D eigenvalue weighted by atomic mass is 16.5. The van der Waals surface area contributed by atoms with E-state index in [1.165, 1.54) is 0 Å². The lowest BCUT2D eigenvalue weighted by atomic mass is 10.0. The van der Waals surface area contributed by atoms with Crippen molar-refractivity contribution in [3.8, 4) is 5.75 Å². The van der Waals surface area contributed by atoms with Crippen LogP contribution in [0.5, 0.6) is 5.75 Å². The van der Waals surface area contributed by atoms with E-state index < -0.39 is 5.97 Å². The van der Waals surface area contributed by atoms with Crippen molar-refractivity contribution in [2.45, 2.75) is 6.61 Å². The van der Waals surface area contributed by atoms with Crippen molar-refractivity contribution in [2.24, 2.45) is 5.92 Å². The Morgan fingerprint density at radius 3 is 2.50 bits per heavy atom. The van der Waals surface area contributed by atoms with Crippen LogP contribution < -0.4 is 4.74 Å². The molecule has 0 aromatic heterocycles. The summed E-state index contributed by atoms with van der Waals surface area (Å²) in [5.74, 6) is -0.0381. The van der Waals surface area contributed by atoms with Crippen molar-refractivity contribution in [3.63, 3.8) is 0 Å². The topological polar surface area (TPSA) is 49.8 Å². The van der Waals surface area contributed by atoms with Gasteiger partial charge in [-0.1, -0.05) is 54.6 Å². The van der Waals surface area contributed by atoms with Crippen LogP contribution in [0.2, 0.25) is 0 Å². The molecular weight excluding hydrogens is 302 g/mol. The van der Waals surface area contributed by atoms with E-state index >= 15 is 0 Å². The monoisotopic (exact) mass is 323 g/mol. The van der Waals surface area contributed by atoms with Gasteiger partial charge in [-0.15, -0.1) is 0 Å². The van der Waals surface area contributed by atoms with Crippen molar-refractivity contribution >= 4 is 12.0 Å². The predicted octanol–water partition coefficient (Wildman–Crippen LogP) is 3.30. The summed E-state index contributed by atoms with van der Waals surface area (Å²) < 4.78 is 5.76. The maximum Gasteiger partial charge on any atom is 0.309 e. The summed E-state index contributed by atoms with van der Waals surface area (Å²) in [5.41, 5.74) is 2.26. The molecule has 0 atom stereocenters. The van der Waals surface area contributed by atoms with Gasteiger partial charge in [0.15, 0.2) is 0 Å². The number of carboxylic acid groups (broad SMARTS) is 1. The number of carbonyl (C=O) groups is 1. The average Bonchev–Trinajstić information content (AvgIpc) is 2.56. The van der Waals surface area contributed by atoms with Crippen molar-refractivity contribution in [1.82, 2.24) is 4.90 Å². The van der Waals surface area contributed by atoms with Gasteiger partial charge in [0.05, 0.1) is 5.92 Å². The first-order valence-electron chi connectivity index (χ1n) is 8.09. The number of aliphatic carboxylic acids is 1. The summed E-state index contributed by atoms with van der Waals surface area (Å²) in [6, 6.07) is 18.1. The lowest BCUT2D eigenvalue weighted by Gasteiger charge is -2.35. The maximum absolute atomic E-state index is 10.7. The Morgan fingerprint density at radius 2 is 1.83 bits per heavy atom. The van der Waals surface area contributed by atoms with Gasteiger partial charge >= 0.3 is 5.97 Å². The molecular formula is C20H21NO3. The first-order chi connectivity index (χ1) is 11.7. The SMILES string of the molecule is O=C(O)C1CN(C/C=C/c2ccc(OCc3ccccc3)cc2)C1. The van der Waals surface area contributed by atoms with Crippen LogP contribution in [0.15, 0.2) is 60.7 Å². The third-order valence-electron chi connectivity index (χ3n) is 4.11. The van der Waals surface area contributed by atoms with Crippen molar-refractivity contribution in [2.75, 3.05) is 19.6 Å². The molecule has 4 nitrogen and oxygen atoms in total. The highest BCUT2D eigenvalue weighted by Crippen LogP contribution is 2.17. The van der Waals surface area contributed by atoms with E-state index in [0.717, 1.165) is 23.4 Å². The molecule has 0 radical (unpaired) electrons. The summed E-state index contributed by atoms with van der Waals surface area (Å²) in [7, 11) is 0. The van der Waals surface area contributed by atoms with Gasteiger partial charge in [0.25, 0.3) is 0 Å². The second kappa shape index (κ2) is 7.79. The molecule has 3 rings (SSSR count). The largest absolute Gasteiger partial charge is 0.489 e. The van der Waals surface area contributed by atoms with Crippen LogP contribution in [0.25, 0.3) is 6.08 Å². The number of hydrogen-bond donors (Lipinski definition) is 1. The van der Waals surface area contributed by atoms with Crippen LogP contribution in [-0.2, 0) is 11.4 Å². The molecule has 0 unspecified atom stereocenters. The average molecular weight is 323 g/mol. The Bertz CT molecular complexity index is 689. The van der Waals surface area contributed by atoms with Crippen molar-refractivity contribution < 1.29 is 14.6 Å². The molecule has 1 fully saturated rings. The molecule has 1 N–H and O–H groups in total. The fraction of sp³-hybridized carbons (Fsp3) is 0.250. The molecule has 0 spiro atoms. The Labute approximate surface area is 142 Å². The minimum absolute atomic E-state index is 0.195. The van der Waals surface area contributed by atoms with E-state index in [-0.39, 0.29) is 5.92 Å². The standard InChI is InChI=1S/C20H21NO3/c22-20(23)18-13-21(14-18)12-4-7-16-8-10-19(11-9-16)24-15-17-5-2-1-3-6-17/h1-11,18H,12-15H2,(H,22,23)/b7-4+. The molecule has 2 aromatic carbocycles. The third kappa shape index (κ3) is 4.46. The van der Waals surface area contributed by atoms with Gasteiger partial charge in [0.2, 0.25) is 0 Å². The third-order valence-corrected chi connectivity index (χ3v) is 4.11. The Morgan fingerprint density at radius 1 is 1.12 bits per heavy atom. The number of nitrogens with zero attached hydrogens (tertiary/aromatic N) is 1. The Hall–Kier alpha value is -2.59. The van der Waals surface area contributed by atoms with Crippen LogP contribution >= 0.6 is 0 Å². The number of benzene rings is 2. The van der Waals surface area contributed by atoms with Crippen molar-refractivity contribution in [1.29, 1.82) is 0 Å². The fourth-order valence-corrected chi connectivity index (χ4v) is 2.63. The zero-order valence-electron chi connectivity index (χ0n) is 13.5. The molecule has 1 aliphatic heterocycles. The highest BCUT2D eigenvalue weighted by molar-refractivity contribution is 5.71. The zero-order valence-corrected chi connectivity index (χ0v) is 13.5. The molecule has 4 heteroatoms. The minimum atomic E-state index is -0.693. The van der Waals surface area contributed by atoms with Crippen molar-refractivity contribution in [3.05, 3.63) is 71.8 Å². The Kier molecular flexibility index (Phi) is 5.29. The number of ether oxygens (including phenoxy) is 1. The van der Waals surface area contributed by atoms with E-state index in [2.05, 4.69) is 17.1 Å². The highest BCUT2D eigenvalue weighted by Gasteiger charge is 2.31. The van der Waals surface area contributed by atoms with E-state index in [1.54, 1.807) is 0 Å². The first kappa shape index (κ1) is 16.3. The van der Waals surface area contributed by atoms with Crippen LogP contribution in [0.3, 0.4) is 0 Å². The zero-order chi connectivity index (χ0) is 16.8. The van der Waals surface area contributed by atoms with Crippen LogP contribution in [-0.4, -0.2) is 35.6 Å². The number of carboxylic acids is 1. The summed E-state index contributed by atoms with van der Waals surface area (Å²) >= 11 is 0. The summed E-state index contributed by atoms with van der Waals surface area (Å²) in [5, 5.41) is 8.84. The van der Waals surface area contributed by atoms with Crippen LogP contribution in [0, 0.1) is 5.92 Å². The second-order valence-electron chi connectivity index (χ2n) is 6.00. The lowest BCUT2D eigenvalue weighted by Crippen LogP contribution is -2.50. The molecule has 0 bridgehead atoms. The Balaban J connectivity index is 1.43. The van der Waals surface area contributed by atoms with Gasteiger partial charge in [-0.05, 0) is 23.3 Å². The van der Waals surface area contributed by atoms with Gasteiger partial charge < -0.3 is 9.84 Å². The molecule has 0 amide bonds. The van der Waals surface area contributed by atoms with Crippen LogP contribution in [0.4, 0.5) is 0 Å². The summed E-state index contributed by atoms with van der Waals surface area (Å²) in [6.45, 7) is 2.64. The van der Waals surface area contributed by atoms with Gasteiger partial charge in [-0.25, -0.2) is 0 Å². The maximum atomic E-state index is 10.7. The van der Waals surface area contributed by atoms with Gasteiger partial charge in [0, 0.05) is 19.6 Å². The molecule has 0 aliphatic carbocycles. The normalized spacial score (nSPS) is 15.3. The quantitative estimate of drug-likeness (QED) is 0.849. The van der Waals surface area contributed by atoms with E-state index in [9.17, 15) is 4.79 Å². The second-order valence-corrected chi connectivity index (χ2v) is 6.00. The van der Waals surface area contributed by atoms with E-state index in [1.807, 2.05) is 54.6 Å². The number of hydrogen-bond acceptors (Lipinski definition) is 3. The summed E-state index contributed by atoms with van der Waals surface area (Å²) in [6.07, 6.45) is 4.12. The molecule has 1 saturated heterocycles. The first-order valence-corrected chi connectivity index (χ1v) is 8.09. The fourth-order valence-electron chi connectivity index (χ4n) is 2.63. The molecule has 124 valence electrons. The molecule has 2 aromatic rings. The molecule has 1 heterocycles. The van der Waals surface area contributed by atoms with E-state index in [4.69, 9.17) is 9.84 Å². The number of likely N-dealkylation sites (tertiary alicyclic amines) is 1. The van der Waals surface area contributed by atoms with Crippen LogP contribution in [0.1, 0.15) is 11.1 Å². The number of rotatable bonds is 7. The van der Waals surface area contributed by atoms with Gasteiger partial charge in [-0.2, -0.15) is 0 Å². The lowest BCUT2D eigenvalue weighted by molar-refractivity contribution is -0.147. The molecule has 24 heavy (non-hydrogen) atoms.